The molecule has 7 heteroatoms. The number of imidazole rings is 1. The van der Waals surface area contributed by atoms with E-state index in [0.717, 1.165) is 17.2 Å². The molecule has 3 aromatic rings. The number of halogens is 2. The summed E-state index contributed by atoms with van der Waals surface area (Å²) in [5, 5.41) is 2.65. The lowest BCUT2D eigenvalue weighted by molar-refractivity contribution is -0.312. The summed E-state index contributed by atoms with van der Waals surface area (Å²) in [6.07, 6.45) is 7.78. The van der Waals surface area contributed by atoms with E-state index in [0.29, 0.717) is 29.0 Å². The van der Waals surface area contributed by atoms with Crippen molar-refractivity contribution < 1.29 is 13.9 Å². The number of benzene rings is 1. The SMILES string of the molecule is CC1CCOC(Cn2ccnc2)(c2occ3cc(Cl)cc(Cl)c23)O1. The fourth-order valence-electron chi connectivity index (χ4n) is 3.09. The third-order valence-corrected chi connectivity index (χ3v) is 4.68. The highest BCUT2D eigenvalue weighted by Crippen LogP contribution is 2.42. The molecule has 1 aliphatic heterocycles. The van der Waals surface area contributed by atoms with Crippen LogP contribution in [0.4, 0.5) is 0 Å². The summed E-state index contributed by atoms with van der Waals surface area (Å²) in [5.41, 5.74) is 0. The first kappa shape index (κ1) is 16.0. The van der Waals surface area contributed by atoms with E-state index < -0.39 is 5.79 Å². The number of furan rings is 1. The van der Waals surface area contributed by atoms with Gasteiger partial charge in [-0.25, -0.2) is 4.98 Å². The van der Waals surface area contributed by atoms with E-state index in [1.54, 1.807) is 24.9 Å². The zero-order valence-electron chi connectivity index (χ0n) is 13.0. The van der Waals surface area contributed by atoms with Crippen LogP contribution in [0.1, 0.15) is 19.1 Å². The van der Waals surface area contributed by atoms with E-state index in [-0.39, 0.29) is 6.10 Å². The first-order valence-corrected chi connectivity index (χ1v) is 8.47. The van der Waals surface area contributed by atoms with Gasteiger partial charge in [-0.2, -0.15) is 0 Å². The Hall–Kier alpha value is -1.53. The molecule has 2 atom stereocenters. The third kappa shape index (κ3) is 2.71. The molecule has 0 bridgehead atoms. The van der Waals surface area contributed by atoms with Crippen LogP contribution in [0.15, 0.2) is 41.5 Å². The third-order valence-electron chi connectivity index (χ3n) is 4.16. The van der Waals surface area contributed by atoms with Gasteiger partial charge >= 0.3 is 0 Å². The molecule has 4 rings (SSSR count). The minimum Gasteiger partial charge on any atom is -0.462 e. The van der Waals surface area contributed by atoms with Crippen molar-refractivity contribution in [2.45, 2.75) is 31.8 Å². The molecule has 5 nitrogen and oxygen atoms in total. The molecule has 1 fully saturated rings. The summed E-state index contributed by atoms with van der Waals surface area (Å²) in [7, 11) is 0. The van der Waals surface area contributed by atoms with Gasteiger partial charge in [0.2, 0.25) is 5.79 Å². The number of hydrogen-bond acceptors (Lipinski definition) is 4. The standard InChI is InChI=1S/C17H16Cl2N2O3/c1-11-2-5-23-17(24-11,9-21-4-3-20-10-21)16-15-12(8-22-16)6-13(18)7-14(15)19/h3-4,6-8,10-11H,2,5,9H2,1H3. The van der Waals surface area contributed by atoms with E-state index in [4.69, 9.17) is 37.1 Å². The van der Waals surface area contributed by atoms with E-state index in [1.165, 1.54) is 0 Å². The van der Waals surface area contributed by atoms with Gasteiger partial charge < -0.3 is 18.5 Å². The number of hydrogen-bond donors (Lipinski definition) is 0. The van der Waals surface area contributed by atoms with Gasteiger partial charge in [-0.1, -0.05) is 23.2 Å². The molecule has 1 aromatic carbocycles. The van der Waals surface area contributed by atoms with Crippen LogP contribution in [0, 0.1) is 0 Å². The van der Waals surface area contributed by atoms with Crippen LogP contribution in [0.5, 0.6) is 0 Å². The van der Waals surface area contributed by atoms with Crippen LogP contribution >= 0.6 is 23.2 Å². The number of rotatable bonds is 3. The lowest BCUT2D eigenvalue weighted by atomic mass is 10.1. The summed E-state index contributed by atoms with van der Waals surface area (Å²) < 4.78 is 20.1. The average Bonchev–Trinajstić information content (AvgIpc) is 3.16. The second kappa shape index (κ2) is 6.08. The Morgan fingerprint density at radius 2 is 2.25 bits per heavy atom. The van der Waals surface area contributed by atoms with Gasteiger partial charge in [-0.3, -0.25) is 0 Å². The number of fused-ring (bicyclic) bond motifs is 1. The van der Waals surface area contributed by atoms with Crippen molar-refractivity contribution in [1.82, 2.24) is 9.55 Å². The molecule has 3 heterocycles. The maximum Gasteiger partial charge on any atom is 0.247 e. The van der Waals surface area contributed by atoms with Crippen molar-refractivity contribution in [3.05, 3.63) is 52.9 Å². The zero-order valence-corrected chi connectivity index (χ0v) is 14.5. The summed E-state index contributed by atoms with van der Waals surface area (Å²) in [4.78, 5) is 4.09. The molecule has 0 radical (unpaired) electrons. The predicted molar refractivity (Wildman–Crippen MR) is 91.3 cm³/mol. The van der Waals surface area contributed by atoms with Crippen molar-refractivity contribution in [3.8, 4) is 0 Å². The van der Waals surface area contributed by atoms with Crippen molar-refractivity contribution >= 4 is 34.0 Å². The van der Waals surface area contributed by atoms with Gasteiger partial charge in [0.1, 0.15) is 0 Å². The zero-order chi connectivity index (χ0) is 16.7. The van der Waals surface area contributed by atoms with Crippen LogP contribution in [-0.4, -0.2) is 22.3 Å². The molecule has 2 aromatic heterocycles. The number of nitrogens with zero attached hydrogens (tertiary/aromatic N) is 2. The van der Waals surface area contributed by atoms with Gasteiger partial charge in [0.15, 0.2) is 5.76 Å². The Morgan fingerprint density at radius 3 is 3.00 bits per heavy atom. The Labute approximate surface area is 149 Å². The summed E-state index contributed by atoms with van der Waals surface area (Å²) >= 11 is 12.5. The maximum atomic E-state index is 6.43. The average molecular weight is 367 g/mol. The van der Waals surface area contributed by atoms with Crippen LogP contribution in [-0.2, 0) is 21.8 Å². The fraction of sp³-hybridized carbons (Fsp3) is 0.353. The number of ether oxygens (including phenoxy) is 2. The first-order valence-electron chi connectivity index (χ1n) is 7.72. The molecule has 1 aliphatic rings. The monoisotopic (exact) mass is 366 g/mol. The van der Waals surface area contributed by atoms with Crippen molar-refractivity contribution in [2.75, 3.05) is 6.61 Å². The quantitative estimate of drug-likeness (QED) is 0.678. The largest absolute Gasteiger partial charge is 0.462 e. The van der Waals surface area contributed by atoms with E-state index in [9.17, 15) is 0 Å². The smallest absolute Gasteiger partial charge is 0.247 e. The highest BCUT2D eigenvalue weighted by atomic mass is 35.5. The van der Waals surface area contributed by atoms with Crippen molar-refractivity contribution in [3.63, 3.8) is 0 Å². The van der Waals surface area contributed by atoms with E-state index >= 15 is 0 Å². The molecule has 0 amide bonds. The summed E-state index contributed by atoms with van der Waals surface area (Å²) in [6, 6.07) is 3.51. The van der Waals surface area contributed by atoms with Crippen LogP contribution < -0.4 is 0 Å². The Balaban J connectivity index is 1.87. The molecular formula is C17H16Cl2N2O3. The minimum atomic E-state index is -1.06. The van der Waals surface area contributed by atoms with Gasteiger partial charge in [-0.05, 0) is 25.5 Å². The van der Waals surface area contributed by atoms with Gasteiger partial charge in [0.25, 0.3) is 0 Å². The highest BCUT2D eigenvalue weighted by molar-refractivity contribution is 6.38. The molecule has 0 spiro atoms. The molecule has 0 N–H and O–H groups in total. The van der Waals surface area contributed by atoms with E-state index in [1.807, 2.05) is 23.8 Å². The number of aromatic nitrogens is 2. The van der Waals surface area contributed by atoms with Crippen molar-refractivity contribution in [1.29, 1.82) is 0 Å². The lowest BCUT2D eigenvalue weighted by Crippen LogP contribution is -2.44. The lowest BCUT2D eigenvalue weighted by Gasteiger charge is -2.39. The van der Waals surface area contributed by atoms with Crippen LogP contribution in [0.3, 0.4) is 0 Å². The molecule has 1 saturated heterocycles. The Morgan fingerprint density at radius 1 is 1.38 bits per heavy atom. The van der Waals surface area contributed by atoms with Crippen molar-refractivity contribution in [2.24, 2.45) is 0 Å². The van der Waals surface area contributed by atoms with Crippen LogP contribution in [0.25, 0.3) is 10.8 Å². The van der Waals surface area contributed by atoms with Gasteiger partial charge in [0.05, 0.1) is 36.9 Å². The second-order valence-electron chi connectivity index (χ2n) is 5.97. The Kier molecular flexibility index (Phi) is 4.04. The normalized spacial score (nSPS) is 24.5. The molecule has 0 aliphatic carbocycles. The fourth-order valence-corrected chi connectivity index (χ4v) is 3.68. The Bertz CT molecular complexity index is 862. The molecule has 24 heavy (non-hydrogen) atoms. The van der Waals surface area contributed by atoms with Crippen LogP contribution in [0.2, 0.25) is 10.0 Å². The van der Waals surface area contributed by atoms with Gasteiger partial charge in [0, 0.05) is 28.2 Å². The topological polar surface area (TPSA) is 49.4 Å². The summed E-state index contributed by atoms with van der Waals surface area (Å²) in [5.74, 6) is -0.503. The molecule has 2 unspecified atom stereocenters. The maximum absolute atomic E-state index is 6.43. The highest BCUT2D eigenvalue weighted by Gasteiger charge is 2.44. The second-order valence-corrected chi connectivity index (χ2v) is 6.81. The summed E-state index contributed by atoms with van der Waals surface area (Å²) in [6.45, 7) is 3.01. The molecule has 0 saturated carbocycles. The minimum absolute atomic E-state index is 0.0356. The van der Waals surface area contributed by atoms with Gasteiger partial charge in [-0.15, -0.1) is 0 Å². The molecular weight excluding hydrogens is 351 g/mol. The molecule has 126 valence electrons. The first-order chi connectivity index (χ1) is 11.6. The predicted octanol–water partition coefficient (Wildman–Crippen LogP) is 4.61. The van der Waals surface area contributed by atoms with E-state index in [2.05, 4.69) is 4.98 Å².